The number of carboxylic acid groups (broad SMARTS) is 1. The first-order chi connectivity index (χ1) is 15.5. The summed E-state index contributed by atoms with van der Waals surface area (Å²) < 4.78 is 9.92. The van der Waals surface area contributed by atoms with E-state index in [1.165, 1.54) is 0 Å². The fourth-order valence-corrected chi connectivity index (χ4v) is 3.48. The molecule has 4 rings (SSSR count). The van der Waals surface area contributed by atoms with Crippen LogP contribution in [-0.4, -0.2) is 46.5 Å². The Balaban J connectivity index is 1.39. The van der Waals surface area contributed by atoms with Crippen molar-refractivity contribution in [2.75, 3.05) is 18.5 Å². The Bertz CT molecular complexity index is 1210. The van der Waals surface area contributed by atoms with Gasteiger partial charge in [0.2, 0.25) is 11.5 Å². The number of nitrogens with one attached hydrogen (secondary N) is 2. The number of fused-ring (bicyclic) bond motifs is 3. The van der Waals surface area contributed by atoms with Crippen LogP contribution in [0.3, 0.4) is 0 Å². The minimum atomic E-state index is -1.32. The van der Waals surface area contributed by atoms with E-state index in [0.29, 0.717) is 0 Å². The van der Waals surface area contributed by atoms with E-state index in [4.69, 9.17) is 9.84 Å². The van der Waals surface area contributed by atoms with E-state index in [0.717, 1.165) is 22.3 Å². The number of hydrogen-bond acceptors (Lipinski definition) is 7. The summed E-state index contributed by atoms with van der Waals surface area (Å²) in [6.07, 6.45) is -0.831. The average molecular weight is 432 g/mol. The van der Waals surface area contributed by atoms with Gasteiger partial charge in [-0.3, -0.25) is 10.1 Å². The van der Waals surface area contributed by atoms with Gasteiger partial charge in [0.05, 0.1) is 6.54 Å². The Labute approximate surface area is 181 Å². The van der Waals surface area contributed by atoms with Crippen molar-refractivity contribution >= 4 is 23.8 Å². The highest BCUT2D eigenvalue weighted by atomic mass is 16.6. The number of aromatic nitrogens is 2. The molecule has 0 radical (unpaired) electrons. The van der Waals surface area contributed by atoms with Crippen molar-refractivity contribution in [2.24, 2.45) is 0 Å². The van der Waals surface area contributed by atoms with Crippen molar-refractivity contribution in [3.63, 3.8) is 0 Å². The van der Waals surface area contributed by atoms with E-state index in [1.807, 2.05) is 54.5 Å². The van der Waals surface area contributed by atoms with E-state index >= 15 is 0 Å². The lowest BCUT2D eigenvalue weighted by atomic mass is 9.98. The molecule has 1 aliphatic carbocycles. The van der Waals surface area contributed by atoms with Gasteiger partial charge in [-0.1, -0.05) is 54.5 Å². The number of ether oxygens (including phenoxy) is 1. The van der Waals surface area contributed by atoms with Crippen molar-refractivity contribution in [2.45, 2.75) is 5.92 Å². The number of nitrogens with zero attached hydrogens (tertiary/aromatic N) is 2. The Hall–Kier alpha value is -4.65. The molecule has 1 aromatic heterocycles. The van der Waals surface area contributed by atoms with Gasteiger partial charge in [0.15, 0.2) is 0 Å². The largest absolute Gasteiger partial charge is 0.472 e. The van der Waals surface area contributed by atoms with Crippen LogP contribution >= 0.6 is 0 Å². The molecule has 160 valence electrons. The molecule has 0 fully saturated rings. The Morgan fingerprint density at radius 2 is 1.69 bits per heavy atom. The first kappa shape index (κ1) is 20.6. The Kier molecular flexibility index (Phi) is 5.81. The van der Waals surface area contributed by atoms with E-state index in [2.05, 4.69) is 31.5 Å². The summed E-state index contributed by atoms with van der Waals surface area (Å²) >= 11 is 0. The van der Waals surface area contributed by atoms with Gasteiger partial charge in [-0.05, 0) is 32.6 Å². The molecule has 0 spiro atoms. The number of aliphatic carboxylic acids is 1. The SMILES string of the molecule is O=C(O)C#CCNC(=O)c1nonc1NC(=O)OCC1c2ccccc2-c2ccccc21. The summed E-state index contributed by atoms with van der Waals surface area (Å²) in [5.74, 6) is 1.66. The molecule has 0 saturated carbocycles. The third-order valence-corrected chi connectivity index (χ3v) is 4.80. The maximum atomic E-state index is 12.3. The molecule has 3 N–H and O–H groups in total. The summed E-state index contributed by atoms with van der Waals surface area (Å²) in [4.78, 5) is 34.8. The minimum Gasteiger partial charge on any atom is -0.472 e. The van der Waals surface area contributed by atoms with Gasteiger partial charge < -0.3 is 15.2 Å². The molecule has 2 amide bonds. The maximum absolute atomic E-state index is 12.3. The van der Waals surface area contributed by atoms with Crippen molar-refractivity contribution in [3.8, 4) is 23.0 Å². The number of carbonyl (C=O) groups excluding carboxylic acids is 2. The molecular formula is C22H16N4O6. The summed E-state index contributed by atoms with van der Waals surface area (Å²) in [7, 11) is 0. The summed E-state index contributed by atoms with van der Waals surface area (Å²) in [5.41, 5.74) is 4.03. The fraction of sp³-hybridized carbons (Fsp3) is 0.136. The van der Waals surface area contributed by atoms with Crippen LogP contribution in [-0.2, 0) is 9.53 Å². The number of rotatable bonds is 5. The molecule has 0 unspecified atom stereocenters. The van der Waals surface area contributed by atoms with Gasteiger partial charge in [0.1, 0.15) is 6.61 Å². The van der Waals surface area contributed by atoms with Crippen LogP contribution in [0, 0.1) is 11.8 Å². The molecule has 1 aliphatic rings. The lowest BCUT2D eigenvalue weighted by Crippen LogP contribution is -2.26. The second-order valence-electron chi connectivity index (χ2n) is 6.70. The monoisotopic (exact) mass is 432 g/mol. The highest BCUT2D eigenvalue weighted by molar-refractivity contribution is 5.99. The lowest BCUT2D eigenvalue weighted by Gasteiger charge is -2.14. The summed E-state index contributed by atoms with van der Waals surface area (Å²) in [6, 6.07) is 15.8. The Morgan fingerprint density at radius 3 is 2.34 bits per heavy atom. The van der Waals surface area contributed by atoms with Crippen molar-refractivity contribution in [1.29, 1.82) is 0 Å². The van der Waals surface area contributed by atoms with Gasteiger partial charge in [-0.25, -0.2) is 14.2 Å². The number of carbonyl (C=O) groups is 3. The van der Waals surface area contributed by atoms with Crippen molar-refractivity contribution in [3.05, 3.63) is 65.4 Å². The number of hydrogen-bond donors (Lipinski definition) is 3. The lowest BCUT2D eigenvalue weighted by molar-refractivity contribution is -0.130. The second kappa shape index (κ2) is 9.01. The van der Waals surface area contributed by atoms with Crippen LogP contribution in [0.4, 0.5) is 10.6 Å². The van der Waals surface area contributed by atoms with Crippen LogP contribution in [0.25, 0.3) is 11.1 Å². The third kappa shape index (κ3) is 4.27. The van der Waals surface area contributed by atoms with Gasteiger partial charge in [-0.15, -0.1) is 0 Å². The third-order valence-electron chi connectivity index (χ3n) is 4.80. The molecule has 32 heavy (non-hydrogen) atoms. The molecule has 0 saturated heterocycles. The standard InChI is InChI=1S/C22H16N4O6/c27-18(28)10-5-11-23-21(29)19-20(26-32-25-19)24-22(30)31-12-17-15-8-3-1-6-13(15)14-7-2-4-9-16(14)17/h1-4,6-9,17H,11-12H2,(H,23,29)(H,27,28)(H,24,26,30). The zero-order valence-electron chi connectivity index (χ0n) is 16.5. The molecule has 10 nitrogen and oxygen atoms in total. The highest BCUT2D eigenvalue weighted by Gasteiger charge is 2.29. The molecule has 10 heteroatoms. The van der Waals surface area contributed by atoms with E-state index < -0.39 is 18.0 Å². The number of amides is 2. The predicted molar refractivity (Wildman–Crippen MR) is 111 cm³/mol. The summed E-state index contributed by atoms with van der Waals surface area (Å²) in [5, 5.41) is 20.1. The first-order valence-electron chi connectivity index (χ1n) is 9.49. The predicted octanol–water partition coefficient (Wildman–Crippen LogP) is 2.25. The van der Waals surface area contributed by atoms with Gasteiger partial charge in [0, 0.05) is 11.8 Å². The van der Waals surface area contributed by atoms with Crippen molar-refractivity contribution < 1.29 is 28.9 Å². The number of carboxylic acids is 1. The van der Waals surface area contributed by atoms with Crippen molar-refractivity contribution in [1.82, 2.24) is 15.6 Å². The number of anilines is 1. The average Bonchev–Trinajstić information content (AvgIpc) is 3.37. The first-order valence-corrected chi connectivity index (χ1v) is 9.49. The van der Waals surface area contributed by atoms with E-state index in [1.54, 1.807) is 0 Å². The maximum Gasteiger partial charge on any atom is 0.412 e. The van der Waals surface area contributed by atoms with Crippen LogP contribution in [0.5, 0.6) is 0 Å². The van der Waals surface area contributed by atoms with Crippen LogP contribution in [0.2, 0.25) is 0 Å². The van der Waals surface area contributed by atoms with Gasteiger partial charge in [-0.2, -0.15) is 0 Å². The molecule has 2 aromatic carbocycles. The van der Waals surface area contributed by atoms with Gasteiger partial charge >= 0.3 is 12.1 Å². The number of benzene rings is 2. The molecular weight excluding hydrogens is 416 g/mol. The zero-order chi connectivity index (χ0) is 22.5. The zero-order valence-corrected chi connectivity index (χ0v) is 16.5. The molecule has 3 aromatic rings. The fourth-order valence-electron chi connectivity index (χ4n) is 3.48. The van der Waals surface area contributed by atoms with Gasteiger partial charge in [0.25, 0.3) is 5.91 Å². The topological polar surface area (TPSA) is 144 Å². The highest BCUT2D eigenvalue weighted by Crippen LogP contribution is 2.44. The smallest absolute Gasteiger partial charge is 0.412 e. The van der Waals surface area contributed by atoms with E-state index in [-0.39, 0.29) is 30.6 Å². The molecule has 0 atom stereocenters. The Morgan fingerprint density at radius 1 is 1.03 bits per heavy atom. The van der Waals surface area contributed by atoms with Crippen LogP contribution in [0.1, 0.15) is 27.5 Å². The summed E-state index contributed by atoms with van der Waals surface area (Å²) in [6.45, 7) is -0.153. The molecule has 1 heterocycles. The quantitative estimate of drug-likeness (QED) is 0.521. The normalized spacial score (nSPS) is 11.5. The van der Waals surface area contributed by atoms with E-state index in [9.17, 15) is 14.4 Å². The second-order valence-corrected chi connectivity index (χ2v) is 6.70. The minimum absolute atomic E-state index is 0.0808. The molecule has 0 bridgehead atoms. The van der Waals surface area contributed by atoms with Crippen LogP contribution < -0.4 is 10.6 Å². The molecule has 0 aliphatic heterocycles. The van der Waals surface area contributed by atoms with Crippen LogP contribution in [0.15, 0.2) is 53.2 Å².